The summed E-state index contributed by atoms with van der Waals surface area (Å²) in [6.45, 7) is 6.75. The summed E-state index contributed by atoms with van der Waals surface area (Å²) >= 11 is 0. The van der Waals surface area contributed by atoms with E-state index in [1.54, 1.807) is 0 Å². The Labute approximate surface area is 103 Å². The largest absolute Gasteiger partial charge is 0.481 e. The van der Waals surface area contributed by atoms with Crippen molar-refractivity contribution in [2.24, 2.45) is 11.3 Å². The van der Waals surface area contributed by atoms with Crippen LogP contribution in [0.2, 0.25) is 0 Å². The van der Waals surface area contributed by atoms with Crippen molar-refractivity contribution in [3.63, 3.8) is 0 Å². The van der Waals surface area contributed by atoms with E-state index in [0.717, 1.165) is 6.42 Å². The number of ether oxygens (including phenoxy) is 1. The Morgan fingerprint density at radius 3 is 2.29 bits per heavy atom. The second-order valence-corrected chi connectivity index (χ2v) is 5.20. The Morgan fingerprint density at radius 2 is 1.88 bits per heavy atom. The van der Waals surface area contributed by atoms with E-state index < -0.39 is 12.1 Å². The van der Waals surface area contributed by atoms with Gasteiger partial charge in [-0.2, -0.15) is 0 Å². The second kappa shape index (κ2) is 7.14. The van der Waals surface area contributed by atoms with Crippen LogP contribution in [0.15, 0.2) is 0 Å². The van der Waals surface area contributed by atoms with Crippen molar-refractivity contribution >= 4 is 12.1 Å². The summed E-state index contributed by atoms with van der Waals surface area (Å²) in [5.41, 5.74) is 0.0350. The van der Waals surface area contributed by atoms with Crippen molar-refractivity contribution in [2.75, 3.05) is 13.7 Å². The van der Waals surface area contributed by atoms with Crippen molar-refractivity contribution < 1.29 is 19.4 Å². The zero-order valence-electron chi connectivity index (χ0n) is 11.1. The van der Waals surface area contributed by atoms with Crippen LogP contribution in [0.25, 0.3) is 0 Å². The number of rotatable bonds is 6. The van der Waals surface area contributed by atoms with E-state index in [-0.39, 0.29) is 17.8 Å². The van der Waals surface area contributed by atoms with Crippen molar-refractivity contribution in [1.82, 2.24) is 5.32 Å². The first-order valence-corrected chi connectivity index (χ1v) is 5.81. The summed E-state index contributed by atoms with van der Waals surface area (Å²) < 4.78 is 4.47. The number of amides is 1. The van der Waals surface area contributed by atoms with Gasteiger partial charge in [0.1, 0.15) is 0 Å². The Hall–Kier alpha value is -1.26. The molecule has 0 spiro atoms. The molecule has 17 heavy (non-hydrogen) atoms. The van der Waals surface area contributed by atoms with Gasteiger partial charge in [-0.05, 0) is 24.2 Å². The standard InChI is InChI=1S/C12H23NO4/c1-12(2,3)9(5-6-10(14)15)7-8-13-11(16)17-4/h9H,5-8H2,1-4H3,(H,13,16)(H,14,15). The fourth-order valence-electron chi connectivity index (χ4n) is 1.73. The predicted octanol–water partition coefficient (Wildman–Crippen LogP) is 2.26. The van der Waals surface area contributed by atoms with E-state index in [4.69, 9.17) is 5.11 Å². The minimum absolute atomic E-state index is 0.0350. The van der Waals surface area contributed by atoms with Crippen LogP contribution in [0.4, 0.5) is 4.79 Å². The maximum atomic E-state index is 10.9. The lowest BCUT2D eigenvalue weighted by Crippen LogP contribution is -2.29. The van der Waals surface area contributed by atoms with Gasteiger partial charge in [0, 0.05) is 13.0 Å². The van der Waals surface area contributed by atoms with E-state index in [1.807, 2.05) is 0 Å². The van der Waals surface area contributed by atoms with Gasteiger partial charge >= 0.3 is 12.1 Å². The molecule has 0 radical (unpaired) electrons. The quantitative estimate of drug-likeness (QED) is 0.752. The lowest BCUT2D eigenvalue weighted by Gasteiger charge is -2.30. The molecule has 0 aromatic carbocycles. The highest BCUT2D eigenvalue weighted by molar-refractivity contribution is 5.67. The zero-order chi connectivity index (χ0) is 13.5. The van der Waals surface area contributed by atoms with Gasteiger partial charge in [-0.15, -0.1) is 0 Å². The average Bonchev–Trinajstić information content (AvgIpc) is 2.20. The van der Waals surface area contributed by atoms with Gasteiger partial charge < -0.3 is 15.2 Å². The highest BCUT2D eigenvalue weighted by atomic mass is 16.5. The Bertz CT molecular complexity index is 258. The van der Waals surface area contributed by atoms with Gasteiger partial charge in [0.15, 0.2) is 0 Å². The molecule has 0 aliphatic carbocycles. The van der Waals surface area contributed by atoms with E-state index in [2.05, 4.69) is 30.8 Å². The van der Waals surface area contributed by atoms with E-state index in [0.29, 0.717) is 13.0 Å². The molecular weight excluding hydrogens is 222 g/mol. The molecule has 0 aliphatic heterocycles. The lowest BCUT2D eigenvalue weighted by atomic mass is 9.76. The molecule has 1 amide bonds. The molecule has 2 N–H and O–H groups in total. The number of carboxylic acid groups (broad SMARTS) is 1. The normalized spacial score (nSPS) is 12.9. The molecule has 0 heterocycles. The number of hydrogen-bond donors (Lipinski definition) is 2. The van der Waals surface area contributed by atoms with E-state index in [1.165, 1.54) is 7.11 Å². The first-order valence-electron chi connectivity index (χ1n) is 5.81. The third-order valence-corrected chi connectivity index (χ3v) is 2.88. The molecule has 5 heteroatoms. The minimum Gasteiger partial charge on any atom is -0.481 e. The molecule has 0 saturated carbocycles. The Balaban J connectivity index is 4.12. The first-order chi connectivity index (χ1) is 7.77. The summed E-state index contributed by atoms with van der Waals surface area (Å²) in [6.07, 6.45) is 1.10. The Kier molecular flexibility index (Phi) is 6.61. The second-order valence-electron chi connectivity index (χ2n) is 5.20. The number of carboxylic acids is 1. The molecule has 0 bridgehead atoms. The van der Waals surface area contributed by atoms with Crippen LogP contribution in [0.5, 0.6) is 0 Å². The summed E-state index contributed by atoms with van der Waals surface area (Å²) in [5, 5.41) is 11.3. The number of aliphatic carboxylic acids is 1. The summed E-state index contributed by atoms with van der Waals surface area (Å²) in [6, 6.07) is 0. The highest BCUT2D eigenvalue weighted by Crippen LogP contribution is 2.32. The molecule has 0 aromatic rings. The van der Waals surface area contributed by atoms with Crippen LogP contribution < -0.4 is 5.32 Å². The number of carbonyl (C=O) groups excluding carboxylic acids is 1. The van der Waals surface area contributed by atoms with Gasteiger partial charge in [0.05, 0.1) is 7.11 Å². The lowest BCUT2D eigenvalue weighted by molar-refractivity contribution is -0.137. The number of carbonyl (C=O) groups is 2. The molecule has 5 nitrogen and oxygen atoms in total. The summed E-state index contributed by atoms with van der Waals surface area (Å²) in [5.74, 6) is -0.518. The van der Waals surface area contributed by atoms with Crippen molar-refractivity contribution in [1.29, 1.82) is 0 Å². The van der Waals surface area contributed by atoms with Gasteiger partial charge in [0.2, 0.25) is 0 Å². The summed E-state index contributed by atoms with van der Waals surface area (Å²) in [7, 11) is 1.32. The van der Waals surface area contributed by atoms with Crippen LogP contribution in [-0.4, -0.2) is 30.8 Å². The van der Waals surface area contributed by atoms with Gasteiger partial charge in [-0.1, -0.05) is 20.8 Å². The maximum absolute atomic E-state index is 10.9. The topological polar surface area (TPSA) is 75.6 Å². The molecule has 100 valence electrons. The predicted molar refractivity (Wildman–Crippen MR) is 64.8 cm³/mol. The van der Waals surface area contributed by atoms with Crippen LogP contribution in [-0.2, 0) is 9.53 Å². The van der Waals surface area contributed by atoms with Crippen molar-refractivity contribution in [3.05, 3.63) is 0 Å². The number of methoxy groups -OCH3 is 1. The van der Waals surface area contributed by atoms with Crippen LogP contribution in [0.3, 0.4) is 0 Å². The number of nitrogens with one attached hydrogen (secondary N) is 1. The van der Waals surface area contributed by atoms with Gasteiger partial charge in [-0.25, -0.2) is 4.79 Å². The van der Waals surface area contributed by atoms with Gasteiger partial charge in [-0.3, -0.25) is 4.79 Å². The van der Waals surface area contributed by atoms with Crippen molar-refractivity contribution in [2.45, 2.75) is 40.0 Å². The third-order valence-electron chi connectivity index (χ3n) is 2.88. The van der Waals surface area contributed by atoms with Crippen LogP contribution in [0, 0.1) is 11.3 Å². The molecule has 0 aliphatic rings. The van der Waals surface area contributed by atoms with Crippen LogP contribution in [0.1, 0.15) is 40.0 Å². The van der Waals surface area contributed by atoms with Gasteiger partial charge in [0.25, 0.3) is 0 Å². The molecule has 0 fully saturated rings. The SMILES string of the molecule is COC(=O)NCCC(CCC(=O)O)C(C)(C)C. The molecule has 1 atom stereocenters. The summed E-state index contributed by atoms with van der Waals surface area (Å²) in [4.78, 5) is 21.5. The minimum atomic E-state index is -0.778. The van der Waals surface area contributed by atoms with E-state index >= 15 is 0 Å². The fraction of sp³-hybridized carbons (Fsp3) is 0.833. The van der Waals surface area contributed by atoms with Crippen LogP contribution >= 0.6 is 0 Å². The zero-order valence-corrected chi connectivity index (χ0v) is 11.1. The Morgan fingerprint density at radius 1 is 1.29 bits per heavy atom. The maximum Gasteiger partial charge on any atom is 0.406 e. The molecule has 1 unspecified atom stereocenters. The monoisotopic (exact) mass is 245 g/mol. The number of hydrogen-bond acceptors (Lipinski definition) is 3. The fourth-order valence-corrected chi connectivity index (χ4v) is 1.73. The van der Waals surface area contributed by atoms with E-state index in [9.17, 15) is 9.59 Å². The average molecular weight is 245 g/mol. The first kappa shape index (κ1) is 15.7. The molecular formula is C12H23NO4. The van der Waals surface area contributed by atoms with Crippen molar-refractivity contribution in [3.8, 4) is 0 Å². The third kappa shape index (κ3) is 7.60. The highest BCUT2D eigenvalue weighted by Gasteiger charge is 2.24. The molecule has 0 aromatic heterocycles. The smallest absolute Gasteiger partial charge is 0.406 e. The number of alkyl carbamates (subject to hydrolysis) is 1. The molecule has 0 rings (SSSR count). The molecule has 0 saturated heterocycles.